The molecule has 5 aliphatic carbocycles. The normalized spacial score (nSPS) is 21.5. The minimum Gasteiger partial charge on any atom is -0.483 e. The summed E-state index contributed by atoms with van der Waals surface area (Å²) >= 11 is 0. The highest BCUT2D eigenvalue weighted by Gasteiger charge is 2.45. The molecule has 0 radical (unpaired) electrons. The summed E-state index contributed by atoms with van der Waals surface area (Å²) < 4.78 is 13.9. The number of hydrogen-bond donors (Lipinski definition) is 0. The molecule has 1 aromatic heterocycles. The fourth-order valence-corrected chi connectivity index (χ4v) is 12.3. The molecule has 0 saturated heterocycles. The van der Waals surface area contributed by atoms with Crippen molar-refractivity contribution in [3.8, 4) is 16.9 Å². The summed E-state index contributed by atoms with van der Waals surface area (Å²) in [5.41, 5.74) is 19.5. The van der Waals surface area contributed by atoms with Crippen LogP contribution in [-0.4, -0.2) is 18.2 Å². The predicted molar refractivity (Wildman–Crippen MR) is 281 cm³/mol. The molecule has 5 unspecified atom stereocenters. The number of furan rings is 1. The molecule has 14 rings (SSSR count). The van der Waals surface area contributed by atoms with Gasteiger partial charge in [0.1, 0.15) is 17.4 Å². The van der Waals surface area contributed by atoms with Gasteiger partial charge in [-0.1, -0.05) is 194 Å². The van der Waals surface area contributed by atoms with Gasteiger partial charge in [-0.25, -0.2) is 0 Å². The zero-order valence-electron chi connectivity index (χ0n) is 37.6. The van der Waals surface area contributed by atoms with Crippen LogP contribution < -0.4 is 14.5 Å². The van der Waals surface area contributed by atoms with Crippen LogP contribution in [0.1, 0.15) is 64.6 Å². The lowest BCUT2D eigenvalue weighted by molar-refractivity contribution is 0.249. The van der Waals surface area contributed by atoms with Crippen molar-refractivity contribution >= 4 is 56.1 Å². The Morgan fingerprint density at radius 1 is 0.588 bits per heavy atom. The van der Waals surface area contributed by atoms with Crippen LogP contribution in [0.4, 0.5) is 11.4 Å². The zero-order valence-corrected chi connectivity index (χ0v) is 37.6. The molecule has 0 spiro atoms. The molecular formula is C64H48N2O2. The third-order valence-corrected chi connectivity index (χ3v) is 15.2. The number of nitrogens with zero attached hydrogens (tertiary/aromatic N) is 2. The van der Waals surface area contributed by atoms with Gasteiger partial charge in [-0.2, -0.15) is 0 Å². The first-order valence-electron chi connectivity index (χ1n) is 24.2. The molecule has 6 aliphatic rings. The summed E-state index contributed by atoms with van der Waals surface area (Å²) in [6.07, 6.45) is 26.5. The number of fused-ring (bicyclic) bond motifs is 6. The summed E-state index contributed by atoms with van der Waals surface area (Å²) in [6, 6.07) is 59.3. The largest absolute Gasteiger partial charge is 0.483 e. The molecule has 0 amide bonds. The predicted octanol–water partition coefficient (Wildman–Crippen LogP) is 15.7. The van der Waals surface area contributed by atoms with Crippen LogP contribution in [0.3, 0.4) is 0 Å². The lowest BCUT2D eigenvalue weighted by Crippen LogP contribution is -2.52. The number of anilines is 2. The van der Waals surface area contributed by atoms with E-state index in [4.69, 9.17) is 9.15 Å². The van der Waals surface area contributed by atoms with Crippen LogP contribution in [0.5, 0.6) is 5.75 Å². The van der Waals surface area contributed by atoms with Gasteiger partial charge in [0.25, 0.3) is 0 Å². The monoisotopic (exact) mass is 876 g/mol. The van der Waals surface area contributed by atoms with Crippen molar-refractivity contribution in [3.63, 3.8) is 0 Å². The molecule has 4 nitrogen and oxygen atoms in total. The van der Waals surface area contributed by atoms with Crippen molar-refractivity contribution in [3.05, 3.63) is 258 Å². The van der Waals surface area contributed by atoms with Gasteiger partial charge in [-0.3, -0.25) is 0 Å². The van der Waals surface area contributed by atoms with E-state index in [0.717, 1.165) is 52.6 Å². The summed E-state index contributed by atoms with van der Waals surface area (Å²) in [5, 5.41) is 2.28. The van der Waals surface area contributed by atoms with Crippen molar-refractivity contribution in [2.24, 2.45) is 0 Å². The van der Waals surface area contributed by atoms with Crippen molar-refractivity contribution in [1.82, 2.24) is 0 Å². The first-order valence-corrected chi connectivity index (χ1v) is 24.2. The van der Waals surface area contributed by atoms with Crippen molar-refractivity contribution in [2.75, 3.05) is 9.80 Å². The second-order valence-corrected chi connectivity index (χ2v) is 18.8. The Labute approximate surface area is 397 Å². The van der Waals surface area contributed by atoms with E-state index in [1.54, 1.807) is 0 Å². The van der Waals surface area contributed by atoms with Gasteiger partial charge < -0.3 is 19.0 Å². The molecule has 8 aromatic rings. The quantitative estimate of drug-likeness (QED) is 0.152. The average molecular weight is 877 g/mol. The maximum atomic E-state index is 7.00. The van der Waals surface area contributed by atoms with E-state index in [9.17, 15) is 0 Å². The molecule has 7 aromatic carbocycles. The highest BCUT2D eigenvalue weighted by atomic mass is 16.5. The first kappa shape index (κ1) is 39.1. The molecular weight excluding hydrogens is 829 g/mol. The van der Waals surface area contributed by atoms with Gasteiger partial charge in [0.15, 0.2) is 5.58 Å². The third kappa shape index (κ3) is 6.06. The Hall–Kier alpha value is -8.08. The molecule has 1 aliphatic heterocycles. The first-order chi connectivity index (χ1) is 33.8. The van der Waals surface area contributed by atoms with Crippen LogP contribution >= 0.6 is 0 Å². The zero-order chi connectivity index (χ0) is 44.7. The number of benzene rings is 7. The van der Waals surface area contributed by atoms with Crippen molar-refractivity contribution in [2.45, 2.75) is 49.4 Å². The fraction of sp³-hybridized carbons (Fsp3) is 0.125. The topological polar surface area (TPSA) is 28.9 Å². The second kappa shape index (κ2) is 15.8. The molecule has 5 atom stereocenters. The van der Waals surface area contributed by atoms with E-state index in [2.05, 4.69) is 234 Å². The Balaban J connectivity index is 0.950. The Bertz CT molecular complexity index is 3560. The standard InChI is InChI=1S/C64H48N2O2/c1-3-17-41(18-4-1)45-21-7-11-27-53(45)65(57-29-15-25-49-47-23-9-13-31-59(47)67-63(49)57)55-39-35-43-34-38-52-56(40-36-44-33-37-51(55)61(43)62(44)52)66(54-28-12-8-22-46(54)42-19-5-2-6-20-42)58-30-16-26-50-48-24-10-14-32-60(48)68-64(50)58/h1-7,9-21,23-39,51,55-57,63H,8,22,40H2. The van der Waals surface area contributed by atoms with E-state index in [-0.39, 0.29) is 30.1 Å². The SMILES string of the molecule is C1=CC(N(c2ccccc2-c2ccccc2)C2C=Cc3ccc4c5c3C2C=CC5=CCC4N(C2=C(c3ccccc3)CCC=C2)c2cccc3c2oc2ccccc23)C2Oc3ccccc3C2=C1. The van der Waals surface area contributed by atoms with E-state index in [1.165, 1.54) is 72.6 Å². The van der Waals surface area contributed by atoms with Crippen LogP contribution in [0.15, 0.2) is 229 Å². The smallest absolute Gasteiger partial charge is 0.159 e. The van der Waals surface area contributed by atoms with Crippen LogP contribution in [0, 0.1) is 0 Å². The van der Waals surface area contributed by atoms with E-state index in [1.807, 2.05) is 0 Å². The molecule has 0 fully saturated rings. The maximum absolute atomic E-state index is 7.00. The van der Waals surface area contributed by atoms with Crippen LogP contribution in [0.2, 0.25) is 0 Å². The van der Waals surface area contributed by atoms with Crippen molar-refractivity contribution < 1.29 is 9.15 Å². The Morgan fingerprint density at radius 3 is 2.25 bits per heavy atom. The van der Waals surface area contributed by atoms with Crippen molar-refractivity contribution in [1.29, 1.82) is 0 Å². The summed E-state index contributed by atoms with van der Waals surface area (Å²) in [7, 11) is 0. The molecule has 0 N–H and O–H groups in total. The maximum Gasteiger partial charge on any atom is 0.159 e. The van der Waals surface area contributed by atoms with E-state index >= 15 is 0 Å². The number of rotatable bonds is 8. The number of para-hydroxylation sites is 4. The van der Waals surface area contributed by atoms with Gasteiger partial charge in [0.2, 0.25) is 0 Å². The Morgan fingerprint density at radius 2 is 1.35 bits per heavy atom. The highest BCUT2D eigenvalue weighted by molar-refractivity contribution is 6.09. The molecule has 0 saturated carbocycles. The third-order valence-electron chi connectivity index (χ3n) is 15.2. The van der Waals surface area contributed by atoms with E-state index in [0.29, 0.717) is 0 Å². The summed E-state index contributed by atoms with van der Waals surface area (Å²) in [6.45, 7) is 0. The molecule has 2 heterocycles. The minimum absolute atomic E-state index is 0.0000985. The van der Waals surface area contributed by atoms with Crippen LogP contribution in [-0.2, 0) is 0 Å². The highest BCUT2D eigenvalue weighted by Crippen LogP contribution is 2.54. The van der Waals surface area contributed by atoms with Crippen LogP contribution in [0.25, 0.3) is 55.9 Å². The van der Waals surface area contributed by atoms with Gasteiger partial charge in [-0.05, 0) is 94.1 Å². The van der Waals surface area contributed by atoms with Gasteiger partial charge in [0, 0.05) is 44.8 Å². The molecule has 68 heavy (non-hydrogen) atoms. The fourth-order valence-electron chi connectivity index (χ4n) is 12.3. The number of ether oxygens (including phenoxy) is 1. The molecule has 4 heteroatoms. The number of hydrogen-bond acceptors (Lipinski definition) is 4. The van der Waals surface area contributed by atoms with E-state index < -0.39 is 0 Å². The van der Waals surface area contributed by atoms with Gasteiger partial charge in [0.05, 0.1) is 23.8 Å². The lowest BCUT2D eigenvalue weighted by atomic mass is 9.70. The number of allylic oxidation sites excluding steroid dienone is 7. The molecule has 326 valence electrons. The van der Waals surface area contributed by atoms with Gasteiger partial charge >= 0.3 is 0 Å². The minimum atomic E-state index is -0.168. The lowest BCUT2D eigenvalue weighted by Gasteiger charge is -2.47. The summed E-state index contributed by atoms with van der Waals surface area (Å²) in [5.74, 6) is 1.02. The second-order valence-electron chi connectivity index (χ2n) is 18.8. The average Bonchev–Trinajstić information content (AvgIpc) is 3.99. The van der Waals surface area contributed by atoms with Gasteiger partial charge in [-0.15, -0.1) is 0 Å². The Kier molecular flexibility index (Phi) is 9.08. The molecule has 0 bridgehead atoms. The summed E-state index contributed by atoms with van der Waals surface area (Å²) in [4.78, 5) is 5.32.